The Labute approximate surface area is 217 Å². The van der Waals surface area contributed by atoms with Gasteiger partial charge in [0.05, 0.1) is 0 Å². The number of rotatable bonds is 9. The summed E-state index contributed by atoms with van der Waals surface area (Å²) in [5.74, 6) is -1.08. The Hall–Kier alpha value is -4.13. The lowest BCUT2D eigenvalue weighted by molar-refractivity contribution is -0.144. The Morgan fingerprint density at radius 3 is 1.89 bits per heavy atom. The molecule has 0 radical (unpaired) electrons. The summed E-state index contributed by atoms with van der Waals surface area (Å²) in [4.78, 5) is 41.2. The van der Waals surface area contributed by atoms with Gasteiger partial charge in [-0.25, -0.2) is 9.59 Å². The molecule has 1 saturated heterocycles. The number of amides is 2. The zero-order chi connectivity index (χ0) is 26.2. The number of ether oxygens (including phenoxy) is 2. The van der Waals surface area contributed by atoms with E-state index in [1.54, 1.807) is 0 Å². The zero-order valence-corrected chi connectivity index (χ0v) is 21.1. The molecule has 3 unspecified atom stereocenters. The highest BCUT2D eigenvalue weighted by Gasteiger charge is 2.47. The largest absolute Gasteiger partial charge is 0.445 e. The van der Waals surface area contributed by atoms with Crippen molar-refractivity contribution in [3.8, 4) is 0 Å². The van der Waals surface area contributed by atoms with Crippen LogP contribution in [0.4, 0.5) is 4.79 Å². The summed E-state index contributed by atoms with van der Waals surface area (Å²) in [7, 11) is 0. The number of alkyl carbamates (subject to hydrolysis) is 1. The van der Waals surface area contributed by atoms with Gasteiger partial charge >= 0.3 is 12.1 Å². The van der Waals surface area contributed by atoms with Crippen molar-refractivity contribution in [3.63, 3.8) is 0 Å². The van der Waals surface area contributed by atoms with Crippen LogP contribution in [0.3, 0.4) is 0 Å². The topological polar surface area (TPSA) is 84.9 Å². The number of nitrogens with zero attached hydrogens (tertiary/aromatic N) is 1. The summed E-state index contributed by atoms with van der Waals surface area (Å²) < 4.78 is 11.1. The van der Waals surface area contributed by atoms with E-state index in [0.29, 0.717) is 12.8 Å². The predicted molar refractivity (Wildman–Crippen MR) is 139 cm³/mol. The molecule has 1 heterocycles. The molecule has 3 aromatic carbocycles. The monoisotopic (exact) mass is 500 g/mol. The van der Waals surface area contributed by atoms with E-state index in [4.69, 9.17) is 9.47 Å². The third-order valence-electron chi connectivity index (χ3n) is 6.37. The third kappa shape index (κ3) is 6.76. The van der Waals surface area contributed by atoms with E-state index in [-0.39, 0.29) is 18.4 Å². The average Bonchev–Trinajstić information content (AvgIpc) is 3.21. The second-order valence-corrected chi connectivity index (χ2v) is 9.46. The number of carbonyl (C=O) groups is 3. The van der Waals surface area contributed by atoms with Crippen molar-refractivity contribution in [1.29, 1.82) is 0 Å². The molecule has 1 aliphatic heterocycles. The summed E-state index contributed by atoms with van der Waals surface area (Å²) in [5, 5.41) is 2.73. The molecule has 1 N–H and O–H groups in total. The number of benzene rings is 3. The maximum Gasteiger partial charge on any atom is 0.408 e. The molecule has 2 amide bonds. The van der Waals surface area contributed by atoms with Crippen molar-refractivity contribution >= 4 is 18.0 Å². The highest BCUT2D eigenvalue weighted by atomic mass is 16.6. The molecular formula is C30H32N2O5. The number of hydrogen-bond donors (Lipinski definition) is 1. The summed E-state index contributed by atoms with van der Waals surface area (Å²) in [6, 6.07) is 26.7. The van der Waals surface area contributed by atoms with Crippen molar-refractivity contribution in [2.75, 3.05) is 0 Å². The zero-order valence-electron chi connectivity index (χ0n) is 21.1. The quantitative estimate of drug-likeness (QED) is 0.437. The first-order valence-electron chi connectivity index (χ1n) is 12.5. The van der Waals surface area contributed by atoms with Gasteiger partial charge in [-0.1, -0.05) is 105 Å². The molecule has 1 fully saturated rings. The first-order valence-corrected chi connectivity index (χ1v) is 12.5. The van der Waals surface area contributed by atoms with E-state index in [2.05, 4.69) is 5.32 Å². The van der Waals surface area contributed by atoms with Crippen LogP contribution in [0.5, 0.6) is 0 Å². The van der Waals surface area contributed by atoms with Crippen LogP contribution in [0.2, 0.25) is 0 Å². The second kappa shape index (κ2) is 12.2. The minimum atomic E-state index is -0.894. The molecule has 4 rings (SSSR count). The van der Waals surface area contributed by atoms with Gasteiger partial charge in [-0.05, 0) is 22.6 Å². The lowest BCUT2D eigenvalue weighted by Crippen LogP contribution is -2.56. The molecule has 192 valence electrons. The third-order valence-corrected chi connectivity index (χ3v) is 6.37. The normalized spacial score (nSPS) is 17.8. The van der Waals surface area contributed by atoms with Gasteiger partial charge in [-0.3, -0.25) is 9.69 Å². The molecule has 7 heteroatoms. The molecule has 7 nitrogen and oxygen atoms in total. The summed E-state index contributed by atoms with van der Waals surface area (Å²) in [6.07, 6.45) is -0.798. The van der Waals surface area contributed by atoms with E-state index in [9.17, 15) is 14.4 Å². The second-order valence-electron chi connectivity index (χ2n) is 9.46. The summed E-state index contributed by atoms with van der Waals surface area (Å²) >= 11 is 0. The molecule has 37 heavy (non-hydrogen) atoms. The van der Waals surface area contributed by atoms with E-state index < -0.39 is 30.4 Å². The Morgan fingerprint density at radius 2 is 1.35 bits per heavy atom. The molecule has 3 aromatic rings. The van der Waals surface area contributed by atoms with Crippen molar-refractivity contribution in [2.24, 2.45) is 5.92 Å². The molecule has 0 spiro atoms. The SMILES string of the molecule is CC(C)C(NC(=O)OCc1ccccc1)C(=O)N1C(Cc2ccccc2)OC(=O)C1Cc1ccccc1. The Morgan fingerprint density at radius 1 is 0.838 bits per heavy atom. The van der Waals surface area contributed by atoms with Crippen LogP contribution in [0.1, 0.15) is 30.5 Å². The van der Waals surface area contributed by atoms with Gasteiger partial charge in [-0.2, -0.15) is 0 Å². The van der Waals surface area contributed by atoms with E-state index in [1.165, 1.54) is 4.90 Å². The van der Waals surface area contributed by atoms with Crippen molar-refractivity contribution in [1.82, 2.24) is 10.2 Å². The fourth-order valence-corrected chi connectivity index (χ4v) is 4.42. The summed E-state index contributed by atoms with van der Waals surface area (Å²) in [6.45, 7) is 3.78. The molecule has 3 atom stereocenters. The molecule has 0 aliphatic carbocycles. The smallest absolute Gasteiger partial charge is 0.408 e. The van der Waals surface area contributed by atoms with Gasteiger partial charge in [0.2, 0.25) is 5.91 Å². The van der Waals surface area contributed by atoms with E-state index in [0.717, 1.165) is 16.7 Å². The average molecular weight is 501 g/mol. The summed E-state index contributed by atoms with van der Waals surface area (Å²) in [5.41, 5.74) is 2.70. The van der Waals surface area contributed by atoms with Crippen LogP contribution in [-0.4, -0.2) is 41.2 Å². The van der Waals surface area contributed by atoms with E-state index in [1.807, 2.05) is 105 Å². The number of esters is 1. The Kier molecular flexibility index (Phi) is 8.56. The van der Waals surface area contributed by atoms with Crippen molar-refractivity contribution < 1.29 is 23.9 Å². The lowest BCUT2D eigenvalue weighted by atomic mass is 9.99. The Bertz CT molecular complexity index is 1180. The predicted octanol–water partition coefficient (Wildman–Crippen LogP) is 4.50. The van der Waals surface area contributed by atoms with Crippen LogP contribution >= 0.6 is 0 Å². The Balaban J connectivity index is 1.54. The molecule has 0 aromatic heterocycles. The highest BCUT2D eigenvalue weighted by molar-refractivity contribution is 5.92. The minimum Gasteiger partial charge on any atom is -0.445 e. The number of carbonyl (C=O) groups excluding carboxylic acids is 3. The first-order chi connectivity index (χ1) is 17.9. The van der Waals surface area contributed by atoms with Crippen LogP contribution in [0.15, 0.2) is 91.0 Å². The van der Waals surface area contributed by atoms with Gasteiger partial charge in [-0.15, -0.1) is 0 Å². The van der Waals surface area contributed by atoms with Crippen LogP contribution in [0.25, 0.3) is 0 Å². The number of hydrogen-bond acceptors (Lipinski definition) is 5. The number of nitrogens with one attached hydrogen (secondary N) is 1. The standard InChI is InChI=1S/C30H32N2O5/c1-21(2)27(31-30(35)36-20-24-16-10-5-11-17-24)28(33)32-25(18-22-12-6-3-7-13-22)29(34)37-26(32)19-23-14-8-4-9-15-23/h3-17,21,25-27H,18-20H2,1-2H3,(H,31,35). The van der Waals surface area contributed by atoms with Crippen LogP contribution in [-0.2, 0) is 38.5 Å². The fraction of sp³-hybridized carbons (Fsp3) is 0.300. The molecule has 0 saturated carbocycles. The highest BCUT2D eigenvalue weighted by Crippen LogP contribution is 2.27. The van der Waals surface area contributed by atoms with Gasteiger partial charge in [0, 0.05) is 12.8 Å². The van der Waals surface area contributed by atoms with Crippen LogP contribution < -0.4 is 5.32 Å². The van der Waals surface area contributed by atoms with Gasteiger partial charge in [0.1, 0.15) is 18.7 Å². The van der Waals surface area contributed by atoms with Gasteiger partial charge in [0.15, 0.2) is 6.23 Å². The lowest BCUT2D eigenvalue weighted by Gasteiger charge is -2.32. The fourth-order valence-electron chi connectivity index (χ4n) is 4.42. The van der Waals surface area contributed by atoms with Crippen molar-refractivity contribution in [2.45, 2.75) is 51.6 Å². The van der Waals surface area contributed by atoms with E-state index >= 15 is 0 Å². The molecular weight excluding hydrogens is 468 g/mol. The van der Waals surface area contributed by atoms with Gasteiger partial charge < -0.3 is 14.8 Å². The van der Waals surface area contributed by atoms with Crippen LogP contribution in [0, 0.1) is 5.92 Å². The minimum absolute atomic E-state index is 0.0876. The van der Waals surface area contributed by atoms with Crippen molar-refractivity contribution in [3.05, 3.63) is 108 Å². The van der Waals surface area contributed by atoms with Gasteiger partial charge in [0.25, 0.3) is 0 Å². The number of cyclic esters (lactones) is 1. The molecule has 1 aliphatic rings. The maximum atomic E-state index is 14.0. The molecule has 0 bridgehead atoms. The maximum absolute atomic E-state index is 14.0. The first kappa shape index (κ1) is 25.9.